The van der Waals surface area contributed by atoms with E-state index in [1.807, 2.05) is 19.3 Å². The standard InChI is InChI=1S/C21H30N4OS/c1-4-16-13-23-19(27-16)14-24-20(22-2)25-15-21(11-7-8-12-21)17-9-5-6-10-18(17)26-3/h5-6,9-10,13H,4,7-8,11-12,14-15H2,1-3H3,(H2,22,24,25). The summed E-state index contributed by atoms with van der Waals surface area (Å²) in [6.45, 7) is 3.71. The lowest BCUT2D eigenvalue weighted by atomic mass is 9.78. The van der Waals surface area contributed by atoms with Crippen molar-refractivity contribution in [1.82, 2.24) is 15.6 Å². The van der Waals surface area contributed by atoms with Crippen LogP contribution in [0, 0.1) is 0 Å². The van der Waals surface area contributed by atoms with Crippen molar-refractivity contribution in [3.63, 3.8) is 0 Å². The average molecular weight is 387 g/mol. The first-order valence-corrected chi connectivity index (χ1v) is 10.5. The minimum Gasteiger partial charge on any atom is -0.496 e. The van der Waals surface area contributed by atoms with Crippen molar-refractivity contribution in [3.8, 4) is 5.75 Å². The Hall–Kier alpha value is -2.08. The maximum Gasteiger partial charge on any atom is 0.191 e. The molecular formula is C21H30N4OS. The number of hydrogen-bond donors (Lipinski definition) is 2. The Kier molecular flexibility index (Phi) is 6.72. The molecule has 1 aromatic heterocycles. The van der Waals surface area contributed by atoms with Crippen molar-refractivity contribution in [1.29, 1.82) is 0 Å². The van der Waals surface area contributed by atoms with Crippen LogP contribution in [0.2, 0.25) is 0 Å². The summed E-state index contributed by atoms with van der Waals surface area (Å²) in [4.78, 5) is 10.2. The van der Waals surface area contributed by atoms with Gasteiger partial charge in [-0.15, -0.1) is 11.3 Å². The molecule has 0 bridgehead atoms. The second kappa shape index (κ2) is 9.22. The van der Waals surface area contributed by atoms with E-state index in [-0.39, 0.29) is 5.41 Å². The molecule has 0 amide bonds. The number of para-hydroxylation sites is 1. The first-order valence-electron chi connectivity index (χ1n) is 9.72. The fourth-order valence-corrected chi connectivity index (χ4v) is 4.70. The van der Waals surface area contributed by atoms with Gasteiger partial charge in [0.15, 0.2) is 5.96 Å². The van der Waals surface area contributed by atoms with Gasteiger partial charge >= 0.3 is 0 Å². The first kappa shape index (κ1) is 19.7. The largest absolute Gasteiger partial charge is 0.496 e. The number of hydrogen-bond acceptors (Lipinski definition) is 4. The van der Waals surface area contributed by atoms with E-state index in [0.29, 0.717) is 6.54 Å². The van der Waals surface area contributed by atoms with Crippen molar-refractivity contribution in [3.05, 3.63) is 45.9 Å². The smallest absolute Gasteiger partial charge is 0.191 e. The van der Waals surface area contributed by atoms with E-state index in [9.17, 15) is 0 Å². The summed E-state index contributed by atoms with van der Waals surface area (Å²) in [6, 6.07) is 8.43. The number of aliphatic imine (C=N–C) groups is 1. The van der Waals surface area contributed by atoms with Gasteiger partial charge in [-0.1, -0.05) is 38.0 Å². The van der Waals surface area contributed by atoms with Crippen molar-refractivity contribution in [2.45, 2.75) is 51.0 Å². The van der Waals surface area contributed by atoms with Crippen LogP contribution in [0.3, 0.4) is 0 Å². The third-order valence-corrected chi connectivity index (χ3v) is 6.56. The molecular weight excluding hydrogens is 356 g/mol. The molecule has 3 rings (SSSR count). The monoisotopic (exact) mass is 386 g/mol. The third kappa shape index (κ3) is 4.61. The van der Waals surface area contributed by atoms with Crippen LogP contribution in [0.25, 0.3) is 0 Å². The molecule has 146 valence electrons. The maximum atomic E-state index is 5.65. The highest BCUT2D eigenvalue weighted by Crippen LogP contribution is 2.44. The van der Waals surface area contributed by atoms with E-state index in [0.717, 1.165) is 29.7 Å². The lowest BCUT2D eigenvalue weighted by Crippen LogP contribution is -2.44. The number of benzene rings is 1. The zero-order valence-electron chi connectivity index (χ0n) is 16.5. The number of aryl methyl sites for hydroxylation is 1. The predicted octanol–water partition coefficient (Wildman–Crippen LogP) is 3.89. The molecule has 6 heteroatoms. The number of nitrogens with one attached hydrogen (secondary N) is 2. The number of nitrogens with zero attached hydrogens (tertiary/aromatic N) is 2. The van der Waals surface area contributed by atoms with Crippen molar-refractivity contribution in [2.24, 2.45) is 4.99 Å². The van der Waals surface area contributed by atoms with Crippen molar-refractivity contribution in [2.75, 3.05) is 20.7 Å². The Morgan fingerprint density at radius 3 is 2.70 bits per heavy atom. The minimum atomic E-state index is 0.0980. The molecule has 0 atom stereocenters. The molecule has 1 aromatic carbocycles. The van der Waals surface area contributed by atoms with E-state index < -0.39 is 0 Å². The number of guanidine groups is 1. The van der Waals surface area contributed by atoms with Crippen LogP contribution < -0.4 is 15.4 Å². The van der Waals surface area contributed by atoms with Gasteiger partial charge in [0.1, 0.15) is 10.8 Å². The Morgan fingerprint density at radius 1 is 1.26 bits per heavy atom. The molecule has 5 nitrogen and oxygen atoms in total. The summed E-state index contributed by atoms with van der Waals surface area (Å²) in [5, 5.41) is 8.05. The van der Waals surface area contributed by atoms with E-state index >= 15 is 0 Å². The SMILES string of the molecule is CCc1cnc(CNC(=NC)NCC2(c3ccccc3OC)CCCC2)s1. The van der Waals surface area contributed by atoms with Gasteiger partial charge in [0.2, 0.25) is 0 Å². The van der Waals surface area contributed by atoms with Crippen LogP contribution in [0.15, 0.2) is 35.5 Å². The summed E-state index contributed by atoms with van der Waals surface area (Å²) in [6.07, 6.45) is 7.85. The number of aromatic nitrogens is 1. The summed E-state index contributed by atoms with van der Waals surface area (Å²) >= 11 is 1.76. The molecule has 2 N–H and O–H groups in total. The van der Waals surface area contributed by atoms with Crippen LogP contribution in [0.1, 0.15) is 48.1 Å². The van der Waals surface area contributed by atoms with Gasteiger partial charge in [0.05, 0.1) is 13.7 Å². The Balaban J connectivity index is 1.66. The molecule has 2 aromatic rings. The van der Waals surface area contributed by atoms with E-state index in [2.05, 4.69) is 45.7 Å². The lowest BCUT2D eigenvalue weighted by molar-refractivity contribution is 0.371. The number of rotatable bonds is 7. The molecule has 1 fully saturated rings. The highest BCUT2D eigenvalue weighted by atomic mass is 32.1. The molecule has 0 radical (unpaired) electrons. The molecule has 1 saturated carbocycles. The number of methoxy groups -OCH3 is 1. The highest BCUT2D eigenvalue weighted by Gasteiger charge is 2.37. The molecule has 1 aliphatic rings. The molecule has 0 unspecified atom stereocenters. The molecule has 1 aliphatic carbocycles. The van der Waals surface area contributed by atoms with E-state index in [4.69, 9.17) is 4.74 Å². The maximum absolute atomic E-state index is 5.65. The zero-order valence-corrected chi connectivity index (χ0v) is 17.4. The van der Waals surface area contributed by atoms with Gasteiger partial charge in [0.25, 0.3) is 0 Å². The summed E-state index contributed by atoms with van der Waals surface area (Å²) in [7, 11) is 3.58. The molecule has 0 saturated heterocycles. The molecule has 0 aliphatic heterocycles. The minimum absolute atomic E-state index is 0.0980. The van der Waals surface area contributed by atoms with E-state index in [1.54, 1.807) is 18.4 Å². The van der Waals surface area contributed by atoms with Gasteiger partial charge in [-0.05, 0) is 25.3 Å². The van der Waals surface area contributed by atoms with Crippen LogP contribution in [-0.2, 0) is 18.4 Å². The van der Waals surface area contributed by atoms with Gasteiger partial charge in [0, 0.05) is 35.6 Å². The zero-order chi connectivity index (χ0) is 19.1. The first-order chi connectivity index (χ1) is 13.2. The number of thiazole rings is 1. The number of ether oxygens (including phenoxy) is 1. The van der Waals surface area contributed by atoms with Crippen LogP contribution in [-0.4, -0.2) is 31.6 Å². The van der Waals surface area contributed by atoms with Crippen molar-refractivity contribution >= 4 is 17.3 Å². The van der Waals surface area contributed by atoms with Gasteiger partial charge in [-0.2, -0.15) is 0 Å². The van der Waals surface area contributed by atoms with E-state index in [1.165, 1.54) is 36.1 Å². The summed E-state index contributed by atoms with van der Waals surface area (Å²) in [5.41, 5.74) is 1.40. The third-order valence-electron chi connectivity index (χ3n) is 5.41. The molecule has 27 heavy (non-hydrogen) atoms. The van der Waals surface area contributed by atoms with Crippen molar-refractivity contribution < 1.29 is 4.74 Å². The fraction of sp³-hybridized carbons (Fsp3) is 0.524. The lowest BCUT2D eigenvalue weighted by Gasteiger charge is -2.32. The van der Waals surface area contributed by atoms with Gasteiger partial charge < -0.3 is 15.4 Å². The van der Waals surface area contributed by atoms with Gasteiger partial charge in [-0.25, -0.2) is 4.98 Å². The Morgan fingerprint density at radius 2 is 2.04 bits per heavy atom. The van der Waals surface area contributed by atoms with Crippen LogP contribution in [0.4, 0.5) is 0 Å². The summed E-state index contributed by atoms with van der Waals surface area (Å²) < 4.78 is 5.65. The predicted molar refractivity (Wildman–Crippen MR) is 113 cm³/mol. The quantitative estimate of drug-likeness (QED) is 0.560. The second-order valence-corrected chi connectivity index (χ2v) is 8.24. The topological polar surface area (TPSA) is 58.5 Å². The highest BCUT2D eigenvalue weighted by molar-refractivity contribution is 7.11. The summed E-state index contributed by atoms with van der Waals surface area (Å²) in [5.74, 6) is 1.81. The molecule has 1 heterocycles. The normalized spacial score (nSPS) is 16.3. The second-order valence-electron chi connectivity index (χ2n) is 7.04. The van der Waals surface area contributed by atoms with Crippen LogP contribution in [0.5, 0.6) is 5.75 Å². The molecule has 0 spiro atoms. The van der Waals surface area contributed by atoms with Crippen LogP contribution >= 0.6 is 11.3 Å². The Labute approximate surface area is 166 Å². The fourth-order valence-electron chi connectivity index (χ4n) is 3.90. The average Bonchev–Trinajstić information content (AvgIpc) is 3.38. The Bertz CT molecular complexity index is 765. The van der Waals surface area contributed by atoms with Gasteiger partial charge in [-0.3, -0.25) is 4.99 Å².